The van der Waals surface area contributed by atoms with Crippen molar-refractivity contribution in [1.82, 2.24) is 10.3 Å². The minimum Gasteiger partial charge on any atom is -0.435 e. The monoisotopic (exact) mass is 454 g/mol. The number of pyridine rings is 1. The van der Waals surface area contributed by atoms with Crippen molar-refractivity contribution in [1.29, 1.82) is 0 Å². The van der Waals surface area contributed by atoms with E-state index in [-0.39, 0.29) is 11.7 Å². The standard InChI is InChI=1S/C24H24F2N4O3/c25-24(26)33-19-8-6-18(7-9-19)29-21-4-2-1-3-20(21)23(31)28-16-17-5-10-22(27-15-17)30-11-13-32-14-12-30/h1-10,15,24,29H,11-14,16H2,(H,28,31). The van der Waals surface area contributed by atoms with Gasteiger partial charge >= 0.3 is 6.61 Å². The summed E-state index contributed by atoms with van der Waals surface area (Å²) in [7, 11) is 0. The number of ether oxygens (including phenoxy) is 2. The van der Waals surface area contributed by atoms with Crippen LogP contribution in [0.4, 0.5) is 26.0 Å². The van der Waals surface area contributed by atoms with Crippen LogP contribution < -0.4 is 20.3 Å². The van der Waals surface area contributed by atoms with Crippen LogP contribution >= 0.6 is 0 Å². The minimum absolute atomic E-state index is 0.0647. The number of hydrogen-bond donors (Lipinski definition) is 2. The first kappa shape index (κ1) is 22.5. The van der Waals surface area contributed by atoms with Crippen LogP contribution in [0.3, 0.4) is 0 Å². The number of rotatable bonds is 8. The molecule has 9 heteroatoms. The number of nitrogens with one attached hydrogen (secondary N) is 2. The van der Waals surface area contributed by atoms with E-state index < -0.39 is 6.61 Å². The third kappa shape index (κ3) is 6.17. The molecule has 1 saturated heterocycles. The van der Waals surface area contributed by atoms with Gasteiger partial charge in [-0.25, -0.2) is 4.98 Å². The smallest absolute Gasteiger partial charge is 0.387 e. The predicted octanol–water partition coefficient (Wildman–Crippen LogP) is 4.19. The molecule has 0 radical (unpaired) electrons. The zero-order chi connectivity index (χ0) is 23.0. The molecule has 4 rings (SSSR count). The third-order valence-corrected chi connectivity index (χ3v) is 5.13. The number of aromatic nitrogens is 1. The van der Waals surface area contributed by atoms with Gasteiger partial charge in [-0.15, -0.1) is 0 Å². The first-order valence-electron chi connectivity index (χ1n) is 10.6. The first-order valence-corrected chi connectivity index (χ1v) is 10.6. The topological polar surface area (TPSA) is 75.7 Å². The summed E-state index contributed by atoms with van der Waals surface area (Å²) in [6.07, 6.45) is 1.76. The van der Waals surface area contributed by atoms with Gasteiger partial charge in [-0.3, -0.25) is 4.79 Å². The lowest BCUT2D eigenvalue weighted by molar-refractivity contribution is -0.0498. The fourth-order valence-corrected chi connectivity index (χ4v) is 3.44. The number of carbonyl (C=O) groups is 1. The Labute approximate surface area is 190 Å². The van der Waals surface area contributed by atoms with E-state index in [1.165, 1.54) is 12.1 Å². The average molecular weight is 454 g/mol. The van der Waals surface area contributed by atoms with Crippen LogP contribution in [0.2, 0.25) is 0 Å². The van der Waals surface area contributed by atoms with Crippen LogP contribution in [0.15, 0.2) is 66.9 Å². The van der Waals surface area contributed by atoms with Gasteiger partial charge in [0.15, 0.2) is 0 Å². The van der Waals surface area contributed by atoms with Gasteiger partial charge in [0.2, 0.25) is 0 Å². The quantitative estimate of drug-likeness (QED) is 0.532. The second kappa shape index (κ2) is 10.7. The molecule has 0 aliphatic carbocycles. The number of amides is 1. The van der Waals surface area contributed by atoms with Crippen LogP contribution in [-0.2, 0) is 11.3 Å². The maximum absolute atomic E-state index is 12.8. The van der Waals surface area contributed by atoms with Crippen molar-refractivity contribution in [2.24, 2.45) is 0 Å². The van der Waals surface area contributed by atoms with Crippen LogP contribution in [0.25, 0.3) is 0 Å². The zero-order valence-corrected chi connectivity index (χ0v) is 17.8. The van der Waals surface area contributed by atoms with Crippen LogP contribution in [0.1, 0.15) is 15.9 Å². The summed E-state index contributed by atoms with van der Waals surface area (Å²) in [5.74, 6) is 0.718. The Hall–Kier alpha value is -3.72. The molecule has 2 heterocycles. The lowest BCUT2D eigenvalue weighted by atomic mass is 10.1. The average Bonchev–Trinajstić information content (AvgIpc) is 2.85. The second-order valence-corrected chi connectivity index (χ2v) is 7.38. The number of carbonyl (C=O) groups excluding carboxylic acids is 1. The third-order valence-electron chi connectivity index (χ3n) is 5.13. The van der Waals surface area contributed by atoms with E-state index in [1.54, 1.807) is 36.5 Å². The van der Waals surface area contributed by atoms with Crippen LogP contribution in [0.5, 0.6) is 5.75 Å². The van der Waals surface area contributed by atoms with Crippen molar-refractivity contribution in [2.75, 3.05) is 36.5 Å². The highest BCUT2D eigenvalue weighted by Gasteiger charge is 2.14. The van der Waals surface area contributed by atoms with Crippen LogP contribution in [-0.4, -0.2) is 43.8 Å². The minimum atomic E-state index is -2.88. The molecular weight excluding hydrogens is 430 g/mol. The van der Waals surface area contributed by atoms with Gasteiger partial charge in [-0.1, -0.05) is 18.2 Å². The highest BCUT2D eigenvalue weighted by molar-refractivity contribution is 6.00. The molecule has 1 aliphatic rings. The SMILES string of the molecule is O=C(NCc1ccc(N2CCOCC2)nc1)c1ccccc1Nc1ccc(OC(F)F)cc1. The molecule has 0 spiro atoms. The molecule has 3 aromatic rings. The number of alkyl halides is 2. The fraction of sp³-hybridized carbons (Fsp3) is 0.250. The first-order chi connectivity index (χ1) is 16.1. The summed E-state index contributed by atoms with van der Waals surface area (Å²) < 4.78 is 34.4. The number of benzene rings is 2. The summed E-state index contributed by atoms with van der Waals surface area (Å²) in [5.41, 5.74) is 2.59. The lowest BCUT2D eigenvalue weighted by Gasteiger charge is -2.27. The molecule has 1 aliphatic heterocycles. The molecule has 0 saturated carbocycles. The van der Waals surface area contributed by atoms with Crippen molar-refractivity contribution >= 4 is 23.1 Å². The van der Waals surface area contributed by atoms with E-state index in [2.05, 4.69) is 25.3 Å². The van der Waals surface area contributed by atoms with E-state index in [9.17, 15) is 13.6 Å². The van der Waals surface area contributed by atoms with Crippen molar-refractivity contribution in [3.63, 3.8) is 0 Å². The summed E-state index contributed by atoms with van der Waals surface area (Å²) in [6, 6.07) is 17.1. The Balaban J connectivity index is 1.37. The molecule has 0 bridgehead atoms. The zero-order valence-electron chi connectivity index (χ0n) is 17.8. The van der Waals surface area contributed by atoms with E-state index in [0.717, 1.165) is 24.5 Å². The van der Waals surface area contributed by atoms with Crippen molar-refractivity contribution in [2.45, 2.75) is 13.2 Å². The van der Waals surface area contributed by atoms with Gasteiger partial charge in [0.05, 0.1) is 24.5 Å². The van der Waals surface area contributed by atoms with Crippen molar-refractivity contribution in [3.05, 3.63) is 78.0 Å². The number of nitrogens with zero attached hydrogens (tertiary/aromatic N) is 2. The molecule has 0 atom stereocenters. The Kier molecular flexibility index (Phi) is 7.31. The number of anilines is 3. The highest BCUT2D eigenvalue weighted by atomic mass is 19.3. The molecule has 2 aromatic carbocycles. The summed E-state index contributed by atoms with van der Waals surface area (Å²) in [4.78, 5) is 19.5. The molecule has 7 nitrogen and oxygen atoms in total. The number of morpholine rings is 1. The van der Waals surface area contributed by atoms with Crippen molar-refractivity contribution < 1.29 is 23.0 Å². The van der Waals surface area contributed by atoms with E-state index >= 15 is 0 Å². The molecule has 33 heavy (non-hydrogen) atoms. The maximum Gasteiger partial charge on any atom is 0.387 e. The molecule has 1 amide bonds. The number of hydrogen-bond acceptors (Lipinski definition) is 6. The highest BCUT2D eigenvalue weighted by Crippen LogP contribution is 2.24. The van der Waals surface area contributed by atoms with Gasteiger partial charge in [0.25, 0.3) is 5.91 Å². The Morgan fingerprint density at radius 3 is 2.52 bits per heavy atom. The number of para-hydroxylation sites is 1. The summed E-state index contributed by atoms with van der Waals surface area (Å²) in [5, 5.41) is 6.06. The van der Waals surface area contributed by atoms with Gasteiger partial charge in [0, 0.05) is 31.5 Å². The fourth-order valence-electron chi connectivity index (χ4n) is 3.44. The largest absolute Gasteiger partial charge is 0.435 e. The molecular formula is C24H24F2N4O3. The second-order valence-electron chi connectivity index (χ2n) is 7.38. The summed E-state index contributed by atoms with van der Waals surface area (Å²) >= 11 is 0. The Morgan fingerprint density at radius 1 is 1.06 bits per heavy atom. The van der Waals surface area contributed by atoms with Crippen LogP contribution in [0, 0.1) is 0 Å². The van der Waals surface area contributed by atoms with Gasteiger partial charge in [-0.05, 0) is 48.0 Å². The van der Waals surface area contributed by atoms with E-state index in [0.29, 0.717) is 36.7 Å². The maximum atomic E-state index is 12.8. The molecule has 2 N–H and O–H groups in total. The number of halogens is 2. The lowest BCUT2D eigenvalue weighted by Crippen LogP contribution is -2.36. The van der Waals surface area contributed by atoms with E-state index in [1.807, 2.05) is 18.2 Å². The molecule has 1 aromatic heterocycles. The predicted molar refractivity (Wildman–Crippen MR) is 121 cm³/mol. The normalized spacial score (nSPS) is 13.6. The van der Waals surface area contributed by atoms with Gasteiger partial charge < -0.3 is 25.0 Å². The molecule has 0 unspecified atom stereocenters. The molecule has 1 fully saturated rings. The van der Waals surface area contributed by atoms with Gasteiger partial charge in [-0.2, -0.15) is 8.78 Å². The van der Waals surface area contributed by atoms with E-state index in [4.69, 9.17) is 4.74 Å². The molecule has 172 valence electrons. The summed E-state index contributed by atoms with van der Waals surface area (Å²) in [6.45, 7) is 0.479. The van der Waals surface area contributed by atoms with Gasteiger partial charge in [0.1, 0.15) is 11.6 Å². The Morgan fingerprint density at radius 2 is 1.82 bits per heavy atom. The Bertz CT molecular complexity index is 1060. The van der Waals surface area contributed by atoms with Crippen molar-refractivity contribution in [3.8, 4) is 5.75 Å².